The van der Waals surface area contributed by atoms with Crippen LogP contribution in [0.1, 0.15) is 36.6 Å². The number of pyridine rings is 1. The number of amides is 1. The Morgan fingerprint density at radius 2 is 2.07 bits per heavy atom. The van der Waals surface area contributed by atoms with Crippen LogP contribution < -0.4 is 9.44 Å². The van der Waals surface area contributed by atoms with E-state index in [4.69, 9.17) is 0 Å². The molecule has 10 heteroatoms. The van der Waals surface area contributed by atoms with Gasteiger partial charge < -0.3 is 0 Å². The Balaban J connectivity index is 1.88. The minimum atomic E-state index is -3.89. The predicted octanol–water partition coefficient (Wildman–Crippen LogP) is 2.14. The molecule has 3 aromatic rings. The summed E-state index contributed by atoms with van der Waals surface area (Å²) >= 11 is 0. The van der Waals surface area contributed by atoms with Gasteiger partial charge in [-0.25, -0.2) is 9.71 Å². The average Bonchev–Trinajstić information content (AvgIpc) is 3.18. The van der Waals surface area contributed by atoms with Gasteiger partial charge in [-0.15, -0.1) is 0 Å². The lowest BCUT2D eigenvalue weighted by molar-refractivity contribution is -0.114. The fourth-order valence-electron chi connectivity index (χ4n) is 3.19. The van der Waals surface area contributed by atoms with Crippen LogP contribution in [0.2, 0.25) is 0 Å². The topological polar surface area (TPSA) is 111 Å². The van der Waals surface area contributed by atoms with Gasteiger partial charge in [0.05, 0.1) is 5.69 Å². The Kier molecular flexibility index (Phi) is 6.37. The number of aromatic nitrogens is 4. The zero-order valence-electron chi connectivity index (χ0n) is 17.5. The maximum absolute atomic E-state index is 12.2. The van der Waals surface area contributed by atoms with Gasteiger partial charge in [-0.3, -0.25) is 14.0 Å². The van der Waals surface area contributed by atoms with Crippen LogP contribution in [0.15, 0.2) is 30.6 Å². The van der Waals surface area contributed by atoms with Crippen LogP contribution in [0.4, 0.5) is 0 Å². The van der Waals surface area contributed by atoms with Gasteiger partial charge in [0.25, 0.3) is 5.91 Å². The normalized spacial score (nSPS) is 12.1. The Bertz CT molecular complexity index is 1210. The molecule has 30 heavy (non-hydrogen) atoms. The summed E-state index contributed by atoms with van der Waals surface area (Å²) < 4.78 is 31.8. The van der Waals surface area contributed by atoms with Crippen molar-refractivity contribution < 1.29 is 13.2 Å². The number of aryl methyl sites for hydroxylation is 3. The second-order valence-electron chi connectivity index (χ2n) is 7.11. The zero-order valence-corrected chi connectivity index (χ0v) is 18.3. The summed E-state index contributed by atoms with van der Waals surface area (Å²) in [6.45, 7) is 6.04. The van der Waals surface area contributed by atoms with Crippen molar-refractivity contribution in [1.29, 1.82) is 0 Å². The van der Waals surface area contributed by atoms with Crippen molar-refractivity contribution in [3.05, 3.63) is 47.4 Å². The molecular formula is C20H26N6O3S. The number of nitrogens with zero attached hydrogens (tertiary/aromatic N) is 4. The highest BCUT2D eigenvalue weighted by Gasteiger charge is 2.17. The summed E-state index contributed by atoms with van der Waals surface area (Å²) in [5.74, 6) is -0.00820. The lowest BCUT2D eigenvalue weighted by Crippen LogP contribution is -2.39. The number of carbonyl (C=O) groups excluding carboxylic acids is 1. The lowest BCUT2D eigenvalue weighted by atomic mass is 10.2. The third kappa shape index (κ3) is 4.77. The zero-order chi connectivity index (χ0) is 21.9. The smallest absolute Gasteiger partial charge is 0.285 e. The molecule has 0 saturated heterocycles. The number of rotatable bonds is 8. The minimum absolute atomic E-state index is 0.280. The molecule has 0 fully saturated rings. The number of hydrogen-bond donors (Lipinski definition) is 2. The molecule has 2 N–H and O–H groups in total. The van der Waals surface area contributed by atoms with Crippen molar-refractivity contribution in [2.45, 2.75) is 33.6 Å². The van der Waals surface area contributed by atoms with Crippen LogP contribution in [0, 0.1) is 13.8 Å². The molecule has 9 nitrogen and oxygen atoms in total. The number of hydrogen-bond acceptors (Lipinski definition) is 5. The van der Waals surface area contributed by atoms with Crippen LogP contribution in [0.3, 0.4) is 0 Å². The molecule has 3 rings (SSSR count). The molecule has 0 radical (unpaired) electrons. The summed E-state index contributed by atoms with van der Waals surface area (Å²) in [6, 6.07) is 4.01. The van der Waals surface area contributed by atoms with Crippen molar-refractivity contribution in [2.24, 2.45) is 7.05 Å². The van der Waals surface area contributed by atoms with E-state index in [9.17, 15) is 13.2 Å². The fourth-order valence-corrected chi connectivity index (χ4v) is 4.01. The van der Waals surface area contributed by atoms with Gasteiger partial charge >= 0.3 is 10.2 Å². The van der Waals surface area contributed by atoms with E-state index in [2.05, 4.69) is 14.8 Å². The van der Waals surface area contributed by atoms with Crippen molar-refractivity contribution >= 4 is 33.2 Å². The van der Waals surface area contributed by atoms with Gasteiger partial charge in [0.15, 0.2) is 0 Å². The van der Waals surface area contributed by atoms with E-state index in [-0.39, 0.29) is 6.54 Å². The first-order valence-corrected chi connectivity index (χ1v) is 11.2. The van der Waals surface area contributed by atoms with Crippen molar-refractivity contribution in [3.63, 3.8) is 0 Å². The fraction of sp³-hybridized carbons (Fsp3) is 0.350. The summed E-state index contributed by atoms with van der Waals surface area (Å²) in [4.78, 5) is 16.7. The molecule has 0 unspecified atom stereocenters. The Hall–Kier alpha value is -2.98. The molecular weight excluding hydrogens is 404 g/mol. The Labute approximate surface area is 176 Å². The molecule has 3 heterocycles. The molecule has 1 amide bonds. The molecule has 3 aromatic heterocycles. The molecule has 0 saturated carbocycles. The third-order valence-corrected chi connectivity index (χ3v) is 5.64. The molecule has 0 bridgehead atoms. The molecule has 160 valence electrons. The van der Waals surface area contributed by atoms with Gasteiger partial charge in [-0.1, -0.05) is 13.3 Å². The molecule has 0 aliphatic carbocycles. The first-order chi connectivity index (χ1) is 14.2. The van der Waals surface area contributed by atoms with Crippen molar-refractivity contribution in [3.8, 4) is 5.82 Å². The van der Waals surface area contributed by atoms with Crippen LogP contribution in [0.25, 0.3) is 22.9 Å². The SMILES string of the molecule is CCCCNS(=O)(=O)NC(=O)/C=C/c1c(C)nn(C)c1-n1ccc2cc(C)cnc21. The second kappa shape index (κ2) is 8.80. The molecule has 0 aliphatic rings. The van der Waals surface area contributed by atoms with Crippen LogP contribution in [-0.4, -0.2) is 40.2 Å². The maximum Gasteiger partial charge on any atom is 0.301 e. The molecule has 0 aromatic carbocycles. The van der Waals surface area contributed by atoms with E-state index in [0.717, 1.165) is 28.8 Å². The van der Waals surface area contributed by atoms with E-state index >= 15 is 0 Å². The van der Waals surface area contributed by atoms with Gasteiger partial charge in [0.1, 0.15) is 11.5 Å². The monoisotopic (exact) mass is 430 g/mol. The van der Waals surface area contributed by atoms with E-state index in [0.29, 0.717) is 17.7 Å². The number of fused-ring (bicyclic) bond motifs is 1. The summed E-state index contributed by atoms with van der Waals surface area (Å²) in [5, 5.41) is 5.44. The van der Waals surface area contributed by atoms with Gasteiger partial charge in [-0.2, -0.15) is 18.2 Å². The maximum atomic E-state index is 12.2. The van der Waals surface area contributed by atoms with Crippen molar-refractivity contribution in [1.82, 2.24) is 28.8 Å². The van der Waals surface area contributed by atoms with Crippen molar-refractivity contribution in [2.75, 3.05) is 6.54 Å². The van der Waals surface area contributed by atoms with Gasteiger partial charge in [-0.05, 0) is 44.0 Å². The standard InChI is InChI=1S/C20H26N6O3S/c1-5-6-10-22-30(28,29)24-18(27)8-7-17-15(3)23-25(4)20(17)26-11-9-16-12-14(2)13-21-19(16)26/h7-9,11-13,22H,5-6,10H2,1-4H3,(H,24,27)/b8-7+. The summed E-state index contributed by atoms with van der Waals surface area (Å²) in [5.41, 5.74) is 3.23. The Morgan fingerprint density at radius 1 is 1.30 bits per heavy atom. The average molecular weight is 431 g/mol. The highest BCUT2D eigenvalue weighted by atomic mass is 32.2. The summed E-state index contributed by atoms with van der Waals surface area (Å²) in [7, 11) is -2.08. The third-order valence-electron chi connectivity index (χ3n) is 4.59. The predicted molar refractivity (Wildman–Crippen MR) is 116 cm³/mol. The van der Waals surface area contributed by atoms with E-state index < -0.39 is 16.1 Å². The first kappa shape index (κ1) is 21.7. The highest BCUT2D eigenvalue weighted by Crippen LogP contribution is 2.24. The number of carbonyl (C=O) groups is 1. The first-order valence-electron chi connectivity index (χ1n) is 9.69. The highest BCUT2D eigenvalue weighted by molar-refractivity contribution is 7.88. The number of nitrogens with one attached hydrogen (secondary N) is 2. The van der Waals surface area contributed by atoms with Crippen LogP contribution >= 0.6 is 0 Å². The molecule has 0 spiro atoms. The van der Waals surface area contributed by atoms with E-state index in [1.807, 2.05) is 55.4 Å². The number of unbranched alkanes of at least 4 members (excludes halogenated alkanes) is 1. The summed E-state index contributed by atoms with van der Waals surface area (Å²) in [6.07, 6.45) is 7.99. The Morgan fingerprint density at radius 3 is 2.80 bits per heavy atom. The van der Waals surface area contributed by atoms with Crippen LogP contribution in [0.5, 0.6) is 0 Å². The largest absolute Gasteiger partial charge is 0.301 e. The lowest BCUT2D eigenvalue weighted by Gasteiger charge is -2.08. The van der Waals surface area contributed by atoms with E-state index in [1.165, 1.54) is 6.08 Å². The molecule has 0 aliphatic heterocycles. The quantitative estimate of drug-likeness (QED) is 0.420. The van der Waals surface area contributed by atoms with Crippen LogP contribution in [-0.2, 0) is 22.1 Å². The molecule has 0 atom stereocenters. The minimum Gasteiger partial charge on any atom is -0.285 e. The second-order valence-corrected chi connectivity index (χ2v) is 8.61. The van der Waals surface area contributed by atoms with Gasteiger partial charge in [0.2, 0.25) is 0 Å². The van der Waals surface area contributed by atoms with Gasteiger partial charge in [0, 0.05) is 43.0 Å². The van der Waals surface area contributed by atoms with E-state index in [1.54, 1.807) is 17.0 Å².